The fraction of sp³-hybridized carbons (Fsp3) is 0.500. The molecule has 1 aromatic rings. The van der Waals surface area contributed by atoms with Crippen LogP contribution in [0.4, 0.5) is 10.1 Å². The zero-order chi connectivity index (χ0) is 13.3. The van der Waals surface area contributed by atoms with Gasteiger partial charge in [-0.3, -0.25) is 0 Å². The van der Waals surface area contributed by atoms with Crippen LogP contribution >= 0.6 is 0 Å². The van der Waals surface area contributed by atoms with Crippen LogP contribution in [0.5, 0.6) is 0 Å². The van der Waals surface area contributed by atoms with Crippen molar-refractivity contribution in [2.24, 2.45) is 5.73 Å². The van der Waals surface area contributed by atoms with Gasteiger partial charge in [-0.2, -0.15) is 0 Å². The summed E-state index contributed by atoms with van der Waals surface area (Å²) in [5, 5.41) is 0. The molecule has 0 bridgehead atoms. The number of hydrogen-bond donors (Lipinski definition) is 1. The Morgan fingerprint density at radius 3 is 2.44 bits per heavy atom. The molecule has 0 saturated carbocycles. The predicted molar refractivity (Wildman–Crippen MR) is 68.9 cm³/mol. The summed E-state index contributed by atoms with van der Waals surface area (Å²) in [5.41, 5.74) is 6.25. The van der Waals surface area contributed by atoms with Crippen molar-refractivity contribution in [2.45, 2.75) is 23.8 Å². The Hall–Kier alpha value is -1.14. The first-order valence-electron chi connectivity index (χ1n) is 5.88. The van der Waals surface area contributed by atoms with E-state index >= 15 is 0 Å². The number of sulfone groups is 1. The standard InChI is InChI=1S/C12H17FN2O2S/c1-18(16,17)10-2-3-12(11(13)8-10)15-6-4-9(14)5-7-15/h2-3,8-9H,4-7,14H2,1H3. The highest BCUT2D eigenvalue weighted by Gasteiger charge is 2.20. The molecule has 1 aliphatic rings. The topological polar surface area (TPSA) is 63.4 Å². The minimum Gasteiger partial charge on any atom is -0.369 e. The van der Waals surface area contributed by atoms with Crippen molar-refractivity contribution in [2.75, 3.05) is 24.2 Å². The number of halogens is 1. The van der Waals surface area contributed by atoms with Crippen molar-refractivity contribution in [3.05, 3.63) is 24.0 Å². The van der Waals surface area contributed by atoms with Crippen LogP contribution in [0.2, 0.25) is 0 Å². The van der Waals surface area contributed by atoms with Crippen molar-refractivity contribution in [3.8, 4) is 0 Å². The Balaban J connectivity index is 2.25. The summed E-state index contributed by atoms with van der Waals surface area (Å²) in [6.45, 7) is 1.41. The van der Waals surface area contributed by atoms with E-state index in [0.29, 0.717) is 18.8 Å². The number of hydrogen-bond acceptors (Lipinski definition) is 4. The van der Waals surface area contributed by atoms with Gasteiger partial charge < -0.3 is 10.6 Å². The Kier molecular flexibility index (Phi) is 3.59. The van der Waals surface area contributed by atoms with Crippen LogP contribution in [0.3, 0.4) is 0 Å². The molecule has 1 fully saturated rings. The van der Waals surface area contributed by atoms with Crippen molar-refractivity contribution in [3.63, 3.8) is 0 Å². The van der Waals surface area contributed by atoms with Gasteiger partial charge in [-0.05, 0) is 31.0 Å². The molecule has 1 aromatic carbocycles. The molecule has 1 heterocycles. The minimum atomic E-state index is -3.36. The smallest absolute Gasteiger partial charge is 0.175 e. The van der Waals surface area contributed by atoms with Crippen molar-refractivity contribution in [1.82, 2.24) is 0 Å². The maximum absolute atomic E-state index is 13.9. The zero-order valence-corrected chi connectivity index (χ0v) is 11.1. The molecular formula is C12H17FN2O2S. The van der Waals surface area contributed by atoms with Crippen LogP contribution in [-0.4, -0.2) is 33.8 Å². The Labute approximate surface area is 107 Å². The summed E-state index contributed by atoms with van der Waals surface area (Å²) < 4.78 is 36.6. The number of nitrogens with two attached hydrogens (primary N) is 1. The van der Waals surface area contributed by atoms with E-state index < -0.39 is 15.7 Å². The lowest BCUT2D eigenvalue weighted by Gasteiger charge is -2.32. The van der Waals surface area contributed by atoms with E-state index in [0.717, 1.165) is 25.2 Å². The van der Waals surface area contributed by atoms with Crippen molar-refractivity contribution < 1.29 is 12.8 Å². The molecule has 1 aliphatic heterocycles. The number of rotatable bonds is 2. The van der Waals surface area contributed by atoms with Crippen LogP contribution in [0.25, 0.3) is 0 Å². The molecule has 0 radical (unpaired) electrons. The molecule has 0 unspecified atom stereocenters. The first-order chi connectivity index (χ1) is 8.38. The van der Waals surface area contributed by atoms with Gasteiger partial charge in [0.15, 0.2) is 9.84 Å². The maximum atomic E-state index is 13.9. The van der Waals surface area contributed by atoms with Gasteiger partial charge in [0, 0.05) is 25.4 Å². The van der Waals surface area contributed by atoms with Gasteiger partial charge in [0.25, 0.3) is 0 Å². The third-order valence-electron chi connectivity index (χ3n) is 3.23. The van der Waals surface area contributed by atoms with Gasteiger partial charge in [0.2, 0.25) is 0 Å². The molecule has 100 valence electrons. The summed E-state index contributed by atoms with van der Waals surface area (Å²) in [6, 6.07) is 4.24. The van der Waals surface area contributed by atoms with E-state index in [2.05, 4.69) is 0 Å². The first kappa shape index (κ1) is 13.3. The Morgan fingerprint density at radius 1 is 1.33 bits per heavy atom. The maximum Gasteiger partial charge on any atom is 0.175 e. The molecule has 1 saturated heterocycles. The fourth-order valence-corrected chi connectivity index (χ4v) is 2.75. The highest BCUT2D eigenvalue weighted by atomic mass is 32.2. The van der Waals surface area contributed by atoms with Gasteiger partial charge in [-0.25, -0.2) is 12.8 Å². The van der Waals surface area contributed by atoms with Crippen LogP contribution in [0.15, 0.2) is 23.1 Å². The molecule has 6 heteroatoms. The second-order valence-electron chi connectivity index (χ2n) is 4.71. The van der Waals surface area contributed by atoms with Crippen LogP contribution in [0, 0.1) is 5.82 Å². The third kappa shape index (κ3) is 2.81. The Morgan fingerprint density at radius 2 is 1.94 bits per heavy atom. The summed E-state index contributed by atoms with van der Waals surface area (Å²) in [4.78, 5) is 1.92. The quantitative estimate of drug-likeness (QED) is 0.877. The van der Waals surface area contributed by atoms with Gasteiger partial charge in [-0.15, -0.1) is 0 Å². The second-order valence-corrected chi connectivity index (χ2v) is 6.73. The molecule has 2 N–H and O–H groups in total. The van der Waals surface area contributed by atoms with E-state index in [-0.39, 0.29) is 10.9 Å². The fourth-order valence-electron chi connectivity index (χ4n) is 2.12. The molecule has 0 atom stereocenters. The number of nitrogens with zero attached hydrogens (tertiary/aromatic N) is 1. The first-order valence-corrected chi connectivity index (χ1v) is 7.77. The zero-order valence-electron chi connectivity index (χ0n) is 10.3. The molecular weight excluding hydrogens is 255 g/mol. The monoisotopic (exact) mass is 272 g/mol. The van der Waals surface area contributed by atoms with E-state index in [9.17, 15) is 12.8 Å². The average Bonchev–Trinajstić information content (AvgIpc) is 2.29. The van der Waals surface area contributed by atoms with Crippen LogP contribution in [0.1, 0.15) is 12.8 Å². The second kappa shape index (κ2) is 4.85. The summed E-state index contributed by atoms with van der Waals surface area (Å²) in [6.07, 6.45) is 2.72. The van der Waals surface area contributed by atoms with E-state index in [1.165, 1.54) is 12.1 Å². The largest absolute Gasteiger partial charge is 0.369 e. The Bertz CT molecular complexity index is 537. The van der Waals surface area contributed by atoms with Gasteiger partial charge in [0.05, 0.1) is 10.6 Å². The lowest BCUT2D eigenvalue weighted by Crippen LogP contribution is -2.40. The van der Waals surface area contributed by atoms with Gasteiger partial charge in [-0.1, -0.05) is 0 Å². The SMILES string of the molecule is CS(=O)(=O)c1ccc(N2CCC(N)CC2)c(F)c1. The molecule has 4 nitrogen and oxygen atoms in total. The molecule has 0 aliphatic carbocycles. The van der Waals surface area contributed by atoms with Crippen LogP contribution in [-0.2, 0) is 9.84 Å². The summed E-state index contributed by atoms with van der Waals surface area (Å²) in [5.74, 6) is -0.492. The number of anilines is 1. The van der Waals surface area contributed by atoms with Gasteiger partial charge in [0.1, 0.15) is 5.82 Å². The highest BCUT2D eigenvalue weighted by molar-refractivity contribution is 7.90. The van der Waals surface area contributed by atoms with Crippen LogP contribution < -0.4 is 10.6 Å². The summed E-state index contributed by atoms with van der Waals surface area (Å²) >= 11 is 0. The van der Waals surface area contributed by atoms with E-state index in [1.54, 1.807) is 0 Å². The molecule has 0 spiro atoms. The van der Waals surface area contributed by atoms with Gasteiger partial charge >= 0.3 is 0 Å². The lowest BCUT2D eigenvalue weighted by molar-refractivity contribution is 0.493. The lowest BCUT2D eigenvalue weighted by atomic mass is 10.1. The third-order valence-corrected chi connectivity index (χ3v) is 4.34. The van der Waals surface area contributed by atoms with E-state index in [1.807, 2.05) is 4.90 Å². The number of benzene rings is 1. The molecule has 0 aromatic heterocycles. The number of piperidine rings is 1. The average molecular weight is 272 g/mol. The molecule has 2 rings (SSSR count). The van der Waals surface area contributed by atoms with E-state index in [4.69, 9.17) is 5.73 Å². The predicted octanol–water partition coefficient (Wildman–Crippen LogP) is 1.16. The summed E-state index contributed by atoms with van der Waals surface area (Å²) in [7, 11) is -3.36. The van der Waals surface area contributed by atoms with Crippen molar-refractivity contribution >= 4 is 15.5 Å². The van der Waals surface area contributed by atoms with Crippen molar-refractivity contribution in [1.29, 1.82) is 0 Å². The molecule has 18 heavy (non-hydrogen) atoms. The minimum absolute atomic E-state index is 0.0115. The normalized spacial score (nSPS) is 18.1. The highest BCUT2D eigenvalue weighted by Crippen LogP contribution is 2.25. The molecule has 0 amide bonds.